The summed E-state index contributed by atoms with van der Waals surface area (Å²) in [6.45, 7) is -1.07. The van der Waals surface area contributed by atoms with E-state index in [0.717, 1.165) is 5.56 Å². The van der Waals surface area contributed by atoms with Crippen molar-refractivity contribution in [1.82, 2.24) is 5.32 Å². The van der Waals surface area contributed by atoms with Crippen LogP contribution in [-0.4, -0.2) is 31.3 Å². The minimum atomic E-state index is -4.81. The van der Waals surface area contributed by atoms with Gasteiger partial charge in [0, 0.05) is 18.1 Å². The molecular weight excluding hydrogens is 334 g/mol. The number of aliphatic imine (C=N–C) groups is 1. The van der Waals surface area contributed by atoms with Gasteiger partial charge >= 0.3 is 12.4 Å². The Labute approximate surface area is 128 Å². The molecule has 0 bridgehead atoms. The molecule has 22 heavy (non-hydrogen) atoms. The summed E-state index contributed by atoms with van der Waals surface area (Å²) in [7, 11) is 0. The molecule has 1 aromatic rings. The van der Waals surface area contributed by atoms with E-state index in [2.05, 4.69) is 4.99 Å². The van der Waals surface area contributed by atoms with Gasteiger partial charge in [0.1, 0.15) is 0 Å². The number of benzene rings is 1. The van der Waals surface area contributed by atoms with E-state index in [-0.39, 0.29) is 13.0 Å². The predicted octanol–water partition coefficient (Wildman–Crippen LogP) is 4.39. The Balaban J connectivity index is 2.55. The summed E-state index contributed by atoms with van der Waals surface area (Å²) in [5, 5.41) is 2.54. The molecule has 9 heteroatoms. The van der Waals surface area contributed by atoms with Gasteiger partial charge in [-0.3, -0.25) is 4.99 Å². The molecule has 1 N–H and O–H groups in total. The SMILES string of the molecule is FC(F)(F)CCN=C(NCCc1ccc(Cl)cc1)C(F)(F)F. The van der Waals surface area contributed by atoms with Gasteiger partial charge in [0.15, 0.2) is 0 Å². The van der Waals surface area contributed by atoms with Crippen LogP contribution in [0, 0.1) is 0 Å². The third-order valence-electron chi connectivity index (χ3n) is 2.55. The van der Waals surface area contributed by atoms with Gasteiger partial charge in [-0.1, -0.05) is 23.7 Å². The molecule has 124 valence electrons. The second-order valence-corrected chi connectivity index (χ2v) is 4.83. The van der Waals surface area contributed by atoms with Crippen molar-refractivity contribution in [1.29, 1.82) is 0 Å². The lowest BCUT2D eigenvalue weighted by molar-refractivity contribution is -0.132. The molecule has 0 fully saturated rings. The van der Waals surface area contributed by atoms with Crippen LogP contribution in [-0.2, 0) is 6.42 Å². The van der Waals surface area contributed by atoms with E-state index >= 15 is 0 Å². The molecule has 0 aliphatic rings. The van der Waals surface area contributed by atoms with Crippen LogP contribution in [0.3, 0.4) is 0 Å². The van der Waals surface area contributed by atoms with Crippen LogP contribution in [0.1, 0.15) is 12.0 Å². The standard InChI is InChI=1S/C13H13ClF6N2/c14-10-3-1-9(2-4-10)5-7-21-11(13(18,19)20)22-8-6-12(15,16)17/h1-4H,5-8H2,(H,21,22). The zero-order chi connectivity index (χ0) is 16.8. The monoisotopic (exact) mass is 346 g/mol. The van der Waals surface area contributed by atoms with E-state index in [9.17, 15) is 26.3 Å². The Morgan fingerprint density at radius 3 is 2.14 bits per heavy atom. The van der Waals surface area contributed by atoms with E-state index in [1.807, 2.05) is 5.32 Å². The maximum atomic E-state index is 12.6. The number of alkyl halides is 6. The predicted molar refractivity (Wildman–Crippen MR) is 72.2 cm³/mol. The lowest BCUT2D eigenvalue weighted by atomic mass is 10.1. The highest BCUT2D eigenvalue weighted by Crippen LogP contribution is 2.20. The highest BCUT2D eigenvalue weighted by molar-refractivity contribution is 6.30. The fourth-order valence-electron chi connectivity index (χ4n) is 1.52. The van der Waals surface area contributed by atoms with Crippen LogP contribution in [0.5, 0.6) is 0 Å². The number of halogens is 7. The first-order chi connectivity index (χ1) is 10.1. The van der Waals surface area contributed by atoms with E-state index < -0.39 is 31.2 Å². The first kappa shape index (κ1) is 18.6. The molecule has 0 aromatic heterocycles. The van der Waals surface area contributed by atoms with Crippen LogP contribution in [0.4, 0.5) is 26.3 Å². The Hall–Kier alpha value is -1.44. The first-order valence-electron chi connectivity index (χ1n) is 6.24. The number of nitrogens with one attached hydrogen (secondary N) is 1. The molecule has 0 amide bonds. The molecule has 0 saturated heterocycles. The molecule has 0 saturated carbocycles. The summed E-state index contributed by atoms with van der Waals surface area (Å²) in [6, 6.07) is 6.49. The van der Waals surface area contributed by atoms with Crippen LogP contribution in [0.25, 0.3) is 0 Å². The molecule has 0 spiro atoms. The van der Waals surface area contributed by atoms with Gasteiger partial charge < -0.3 is 5.32 Å². The van der Waals surface area contributed by atoms with Gasteiger partial charge in [0.2, 0.25) is 5.84 Å². The topological polar surface area (TPSA) is 24.4 Å². The molecule has 0 heterocycles. The minimum Gasteiger partial charge on any atom is -0.366 e. The molecule has 0 radical (unpaired) electrons. The average molecular weight is 347 g/mol. The minimum absolute atomic E-state index is 0.105. The summed E-state index contributed by atoms with van der Waals surface area (Å²) >= 11 is 5.67. The summed E-state index contributed by atoms with van der Waals surface area (Å²) < 4.78 is 73.7. The van der Waals surface area contributed by atoms with Crippen molar-refractivity contribution >= 4 is 17.4 Å². The Morgan fingerprint density at radius 2 is 1.64 bits per heavy atom. The Bertz CT molecular complexity index is 493. The molecule has 1 rings (SSSR count). The van der Waals surface area contributed by atoms with Gasteiger partial charge in [-0.05, 0) is 24.1 Å². The summed E-state index contributed by atoms with van der Waals surface area (Å²) in [5.41, 5.74) is 0.744. The van der Waals surface area contributed by atoms with Crippen LogP contribution in [0.15, 0.2) is 29.3 Å². The third kappa shape index (κ3) is 7.53. The molecular formula is C13H13ClF6N2. The molecule has 1 aromatic carbocycles. The van der Waals surface area contributed by atoms with Crippen LogP contribution >= 0.6 is 11.6 Å². The van der Waals surface area contributed by atoms with Crippen molar-refractivity contribution in [2.45, 2.75) is 25.2 Å². The highest BCUT2D eigenvalue weighted by atomic mass is 35.5. The van der Waals surface area contributed by atoms with Crippen LogP contribution in [0.2, 0.25) is 5.02 Å². The van der Waals surface area contributed by atoms with Gasteiger partial charge in [0.25, 0.3) is 0 Å². The van der Waals surface area contributed by atoms with Gasteiger partial charge in [0.05, 0.1) is 6.42 Å². The molecule has 0 aliphatic heterocycles. The van der Waals surface area contributed by atoms with Crippen molar-refractivity contribution in [2.75, 3.05) is 13.1 Å². The van der Waals surface area contributed by atoms with Crippen LogP contribution < -0.4 is 5.32 Å². The lowest BCUT2D eigenvalue weighted by Crippen LogP contribution is -2.38. The highest BCUT2D eigenvalue weighted by Gasteiger charge is 2.36. The number of hydrogen-bond donors (Lipinski definition) is 1. The van der Waals surface area contributed by atoms with E-state index in [1.165, 1.54) is 0 Å². The second kappa shape index (κ2) is 7.71. The number of amidine groups is 1. The molecule has 2 nitrogen and oxygen atoms in total. The summed E-state index contributed by atoms with van der Waals surface area (Å²) in [6.07, 6.45) is -10.5. The van der Waals surface area contributed by atoms with Gasteiger partial charge in [-0.25, -0.2) is 0 Å². The fraction of sp³-hybridized carbons (Fsp3) is 0.462. The lowest BCUT2D eigenvalue weighted by Gasteiger charge is -2.13. The van der Waals surface area contributed by atoms with Crippen molar-refractivity contribution < 1.29 is 26.3 Å². The summed E-state index contributed by atoms with van der Waals surface area (Å²) in [5.74, 6) is -1.40. The van der Waals surface area contributed by atoms with E-state index in [0.29, 0.717) is 5.02 Å². The van der Waals surface area contributed by atoms with Crippen molar-refractivity contribution in [3.63, 3.8) is 0 Å². The normalized spacial score (nSPS) is 13.3. The first-order valence-corrected chi connectivity index (χ1v) is 6.62. The maximum Gasteiger partial charge on any atom is 0.448 e. The number of rotatable bonds is 5. The smallest absolute Gasteiger partial charge is 0.366 e. The molecule has 0 aliphatic carbocycles. The molecule has 0 unspecified atom stereocenters. The van der Waals surface area contributed by atoms with Gasteiger partial charge in [-0.2, -0.15) is 26.3 Å². The maximum absolute atomic E-state index is 12.6. The number of nitrogens with zero attached hydrogens (tertiary/aromatic N) is 1. The quantitative estimate of drug-likeness (QED) is 0.477. The second-order valence-electron chi connectivity index (χ2n) is 4.40. The van der Waals surface area contributed by atoms with E-state index in [4.69, 9.17) is 11.6 Å². The summed E-state index contributed by atoms with van der Waals surface area (Å²) in [4.78, 5) is 2.97. The molecule has 0 atom stereocenters. The third-order valence-corrected chi connectivity index (χ3v) is 2.81. The van der Waals surface area contributed by atoms with Gasteiger partial charge in [-0.15, -0.1) is 0 Å². The van der Waals surface area contributed by atoms with Crippen molar-refractivity contribution in [3.05, 3.63) is 34.9 Å². The van der Waals surface area contributed by atoms with Crippen molar-refractivity contribution in [2.24, 2.45) is 4.99 Å². The average Bonchev–Trinajstić information content (AvgIpc) is 2.36. The largest absolute Gasteiger partial charge is 0.448 e. The zero-order valence-electron chi connectivity index (χ0n) is 11.2. The number of hydrogen-bond acceptors (Lipinski definition) is 1. The van der Waals surface area contributed by atoms with Crippen molar-refractivity contribution in [3.8, 4) is 0 Å². The Morgan fingerprint density at radius 1 is 1.05 bits per heavy atom. The Kier molecular flexibility index (Phi) is 6.52. The zero-order valence-corrected chi connectivity index (χ0v) is 12.0. The fourth-order valence-corrected chi connectivity index (χ4v) is 1.64. The van der Waals surface area contributed by atoms with E-state index in [1.54, 1.807) is 24.3 Å².